The molecule has 2 N–H and O–H groups in total. The van der Waals surface area contributed by atoms with Crippen molar-refractivity contribution in [1.82, 2.24) is 10.2 Å². The Morgan fingerprint density at radius 2 is 1.97 bits per heavy atom. The van der Waals surface area contributed by atoms with Crippen LogP contribution in [0.1, 0.15) is 64.4 Å². The molecule has 2 aliphatic heterocycles. The predicted molar refractivity (Wildman–Crippen MR) is 133 cm³/mol. The zero-order valence-corrected chi connectivity index (χ0v) is 21.0. The molecule has 0 aliphatic carbocycles. The van der Waals surface area contributed by atoms with Crippen molar-refractivity contribution in [1.29, 1.82) is 0 Å². The van der Waals surface area contributed by atoms with E-state index in [1.165, 1.54) is 0 Å². The molecule has 0 aromatic heterocycles. The summed E-state index contributed by atoms with van der Waals surface area (Å²) in [4.78, 5) is 38.1. The van der Waals surface area contributed by atoms with Gasteiger partial charge in [0, 0.05) is 49.8 Å². The number of likely N-dealkylation sites (tertiary alicyclic amines) is 1. The average molecular weight is 490 g/mol. The monoisotopic (exact) mass is 489 g/mol. The van der Waals surface area contributed by atoms with Crippen LogP contribution in [0.2, 0.25) is 0 Å². The molecule has 1 unspecified atom stereocenters. The number of esters is 1. The zero-order chi connectivity index (χ0) is 25.0. The number of piperidine rings is 1. The van der Waals surface area contributed by atoms with Crippen LogP contribution < -0.4 is 15.4 Å². The number of hydrogen-bond acceptors (Lipinski definition) is 7. The molecule has 2 amide bonds. The van der Waals surface area contributed by atoms with E-state index in [1.54, 1.807) is 6.92 Å². The van der Waals surface area contributed by atoms with Crippen LogP contribution in [0.4, 0.5) is 10.5 Å². The van der Waals surface area contributed by atoms with Crippen LogP contribution in [-0.2, 0) is 25.5 Å². The Labute approximate surface area is 207 Å². The highest BCUT2D eigenvalue weighted by molar-refractivity contribution is 5.94. The summed E-state index contributed by atoms with van der Waals surface area (Å²) < 4.78 is 17.0. The van der Waals surface area contributed by atoms with E-state index >= 15 is 0 Å². The maximum atomic E-state index is 12.5. The van der Waals surface area contributed by atoms with Gasteiger partial charge >= 0.3 is 12.1 Å². The smallest absolute Gasteiger partial charge is 0.407 e. The van der Waals surface area contributed by atoms with Gasteiger partial charge in [-0.05, 0) is 44.7 Å². The highest BCUT2D eigenvalue weighted by atomic mass is 16.6. The Balaban J connectivity index is 1.57. The largest absolute Gasteiger partial charge is 0.489 e. The fourth-order valence-corrected chi connectivity index (χ4v) is 4.49. The Morgan fingerprint density at radius 1 is 1.17 bits per heavy atom. The van der Waals surface area contributed by atoms with E-state index < -0.39 is 6.10 Å². The van der Waals surface area contributed by atoms with E-state index in [9.17, 15) is 14.4 Å². The number of carbonyl (C=O) groups is 3. The summed E-state index contributed by atoms with van der Waals surface area (Å²) >= 11 is 0. The fraction of sp³-hybridized carbons (Fsp3) is 0.654. The molecule has 9 heteroatoms. The van der Waals surface area contributed by atoms with Crippen LogP contribution in [0.25, 0.3) is 0 Å². The zero-order valence-electron chi connectivity index (χ0n) is 21.0. The van der Waals surface area contributed by atoms with Crippen LogP contribution >= 0.6 is 0 Å². The molecule has 1 atom stereocenters. The molecule has 194 valence electrons. The van der Waals surface area contributed by atoms with Gasteiger partial charge in [-0.15, -0.1) is 0 Å². The van der Waals surface area contributed by atoms with Crippen molar-refractivity contribution in [2.75, 3.05) is 38.2 Å². The normalized spacial score (nSPS) is 17.1. The lowest BCUT2D eigenvalue weighted by molar-refractivity contribution is -0.152. The number of unbranched alkanes of at least 4 members (excludes halogenated alkanes) is 2. The highest BCUT2D eigenvalue weighted by Crippen LogP contribution is 2.31. The van der Waals surface area contributed by atoms with Crippen LogP contribution in [0.3, 0.4) is 0 Å². The van der Waals surface area contributed by atoms with Crippen LogP contribution in [0.5, 0.6) is 5.75 Å². The van der Waals surface area contributed by atoms with Gasteiger partial charge in [-0.25, -0.2) is 4.79 Å². The van der Waals surface area contributed by atoms with Gasteiger partial charge in [-0.3, -0.25) is 14.5 Å². The SMILES string of the molecule is CCCCCC(=O)OC(COc1cccc2c1CCC(=O)N2)CN1CCC(NC(=O)OCC)CC1. The van der Waals surface area contributed by atoms with Crippen molar-refractivity contribution >= 4 is 23.7 Å². The number of rotatable bonds is 12. The number of ether oxygens (including phenoxy) is 3. The predicted octanol–water partition coefficient (Wildman–Crippen LogP) is 3.65. The lowest BCUT2D eigenvalue weighted by Gasteiger charge is -2.34. The molecule has 0 saturated carbocycles. The number of anilines is 1. The standard InChI is InChI=1S/C26H39N3O6/c1-3-5-6-10-25(31)35-20(17-29-15-13-19(14-16-29)27-26(32)33-4-2)18-34-23-9-7-8-22-21(23)11-12-24(30)28-22/h7-9,19-20H,3-6,10-18H2,1-2H3,(H,27,32)(H,28,30). The molecule has 1 aromatic rings. The lowest BCUT2D eigenvalue weighted by atomic mass is 10.0. The summed E-state index contributed by atoms with van der Waals surface area (Å²) in [5.74, 6) is 0.523. The minimum atomic E-state index is -0.410. The minimum absolute atomic E-state index is 0.00869. The number of amides is 2. The van der Waals surface area contributed by atoms with E-state index in [4.69, 9.17) is 14.2 Å². The Morgan fingerprint density at radius 3 is 2.71 bits per heavy atom. The van der Waals surface area contributed by atoms with Crippen molar-refractivity contribution < 1.29 is 28.6 Å². The summed E-state index contributed by atoms with van der Waals surface area (Å²) in [7, 11) is 0. The van der Waals surface area contributed by atoms with Gasteiger partial charge in [0.05, 0.1) is 6.61 Å². The quantitative estimate of drug-likeness (QED) is 0.341. The summed E-state index contributed by atoms with van der Waals surface area (Å²) in [6.07, 6.45) is 5.16. The first-order valence-electron chi connectivity index (χ1n) is 12.9. The molecule has 1 saturated heterocycles. The van der Waals surface area contributed by atoms with Crippen LogP contribution in [0, 0.1) is 0 Å². The lowest BCUT2D eigenvalue weighted by Crippen LogP contribution is -2.48. The Kier molecular flexibility index (Phi) is 10.7. The first-order chi connectivity index (χ1) is 17.0. The molecule has 35 heavy (non-hydrogen) atoms. The van der Waals surface area contributed by atoms with Gasteiger partial charge in [0.15, 0.2) is 0 Å². The number of benzene rings is 1. The van der Waals surface area contributed by atoms with Crippen molar-refractivity contribution in [3.05, 3.63) is 23.8 Å². The van der Waals surface area contributed by atoms with Crippen molar-refractivity contribution in [3.8, 4) is 5.75 Å². The van der Waals surface area contributed by atoms with E-state index in [2.05, 4.69) is 22.5 Å². The first-order valence-corrected chi connectivity index (χ1v) is 12.9. The number of nitrogens with one attached hydrogen (secondary N) is 2. The fourth-order valence-electron chi connectivity index (χ4n) is 4.49. The summed E-state index contributed by atoms with van der Waals surface area (Å²) in [5, 5.41) is 5.79. The molecule has 0 bridgehead atoms. The molecule has 0 radical (unpaired) electrons. The third-order valence-electron chi connectivity index (χ3n) is 6.36. The van der Waals surface area contributed by atoms with Gasteiger partial charge in [-0.1, -0.05) is 25.8 Å². The maximum absolute atomic E-state index is 12.5. The molecular formula is C26H39N3O6. The van der Waals surface area contributed by atoms with Gasteiger partial charge in [0.25, 0.3) is 0 Å². The van der Waals surface area contributed by atoms with E-state index in [1.807, 2.05) is 18.2 Å². The van der Waals surface area contributed by atoms with Crippen LogP contribution in [-0.4, -0.2) is 67.9 Å². The molecule has 3 rings (SSSR count). The molecule has 1 fully saturated rings. The molecule has 0 spiro atoms. The molecule has 9 nitrogen and oxygen atoms in total. The van der Waals surface area contributed by atoms with E-state index in [-0.39, 0.29) is 30.6 Å². The third kappa shape index (κ3) is 8.72. The van der Waals surface area contributed by atoms with E-state index in [0.717, 1.165) is 56.4 Å². The van der Waals surface area contributed by atoms with Gasteiger partial charge in [-0.2, -0.15) is 0 Å². The maximum Gasteiger partial charge on any atom is 0.407 e. The van der Waals surface area contributed by atoms with Gasteiger partial charge in [0.1, 0.15) is 18.5 Å². The summed E-state index contributed by atoms with van der Waals surface area (Å²) in [6, 6.07) is 5.71. The Hall–Kier alpha value is -2.81. The average Bonchev–Trinajstić information content (AvgIpc) is 2.83. The Bertz CT molecular complexity index is 853. The molecule has 2 aliphatic rings. The number of hydrogen-bond donors (Lipinski definition) is 2. The van der Waals surface area contributed by atoms with E-state index in [0.29, 0.717) is 38.2 Å². The topological polar surface area (TPSA) is 106 Å². The van der Waals surface area contributed by atoms with Crippen LogP contribution in [0.15, 0.2) is 18.2 Å². The van der Waals surface area contributed by atoms with Gasteiger partial charge in [0.2, 0.25) is 5.91 Å². The second-order valence-corrected chi connectivity index (χ2v) is 9.15. The second-order valence-electron chi connectivity index (χ2n) is 9.15. The minimum Gasteiger partial charge on any atom is -0.489 e. The number of alkyl carbamates (subject to hydrolysis) is 1. The number of nitrogens with zero attached hydrogens (tertiary/aromatic N) is 1. The number of fused-ring (bicyclic) bond motifs is 1. The summed E-state index contributed by atoms with van der Waals surface area (Å²) in [6.45, 7) is 6.62. The highest BCUT2D eigenvalue weighted by Gasteiger charge is 2.26. The molecule has 2 heterocycles. The second kappa shape index (κ2) is 13.9. The van der Waals surface area contributed by atoms with Crippen molar-refractivity contribution in [2.45, 2.75) is 77.4 Å². The first kappa shape index (κ1) is 26.8. The summed E-state index contributed by atoms with van der Waals surface area (Å²) in [5.41, 5.74) is 1.76. The van der Waals surface area contributed by atoms with Crippen molar-refractivity contribution in [3.63, 3.8) is 0 Å². The van der Waals surface area contributed by atoms with Gasteiger partial charge < -0.3 is 24.8 Å². The number of carbonyl (C=O) groups excluding carboxylic acids is 3. The van der Waals surface area contributed by atoms with Crippen molar-refractivity contribution in [2.24, 2.45) is 0 Å². The molecule has 1 aromatic carbocycles. The molecular weight excluding hydrogens is 450 g/mol. The third-order valence-corrected chi connectivity index (χ3v) is 6.36.